The number of carboxylic acid groups (broad SMARTS) is 1. The number of halogens is 1. The summed E-state index contributed by atoms with van der Waals surface area (Å²) in [5.41, 5.74) is 8.00. The lowest BCUT2D eigenvalue weighted by molar-refractivity contribution is -0.197. The lowest BCUT2D eigenvalue weighted by Gasteiger charge is -2.71. The fourth-order valence-corrected chi connectivity index (χ4v) is 16.3. The van der Waals surface area contributed by atoms with Crippen molar-refractivity contribution in [1.82, 2.24) is 10.2 Å². The second-order valence-electron chi connectivity index (χ2n) is 21.9. The molecule has 4 fully saturated rings. The van der Waals surface area contributed by atoms with Crippen LogP contribution in [0.25, 0.3) is 5.57 Å². The summed E-state index contributed by atoms with van der Waals surface area (Å²) in [6, 6.07) is 11.1. The van der Waals surface area contributed by atoms with E-state index in [0.29, 0.717) is 49.6 Å². The Bertz CT molecular complexity index is 2040. The lowest BCUT2D eigenvalue weighted by Crippen LogP contribution is -2.64. The van der Waals surface area contributed by atoms with Crippen LogP contribution in [0.3, 0.4) is 0 Å². The highest BCUT2D eigenvalue weighted by atomic mass is 32.2. The van der Waals surface area contributed by atoms with Gasteiger partial charge in [-0.05, 0) is 157 Å². The Kier molecular flexibility index (Phi) is 11.2. The van der Waals surface area contributed by atoms with Crippen LogP contribution < -0.4 is 5.32 Å². The first-order valence-electron chi connectivity index (χ1n) is 23.2. The van der Waals surface area contributed by atoms with Crippen molar-refractivity contribution in [3.63, 3.8) is 0 Å². The number of hydrogen-bond donors (Lipinski definition) is 2. The molecule has 1 heterocycles. The number of fused-ring (bicyclic) bond motifs is 7. The Labute approximate surface area is 355 Å². The first-order valence-corrected chi connectivity index (χ1v) is 25.0. The topological polar surface area (TPSA) is 86.7 Å². The van der Waals surface area contributed by atoms with Gasteiger partial charge < -0.3 is 15.3 Å². The average molecular weight is 829 g/mol. The molecule has 0 spiro atoms. The molecule has 0 unspecified atom stereocenters. The highest BCUT2D eigenvalue weighted by molar-refractivity contribution is 7.91. The molecule has 1 aromatic carbocycles. The first-order chi connectivity index (χ1) is 27.9. The third kappa shape index (κ3) is 6.91. The van der Waals surface area contributed by atoms with Crippen LogP contribution in [0.15, 0.2) is 70.9 Å². The fraction of sp³-hybridized carbons (Fsp3) is 0.706. The van der Waals surface area contributed by atoms with Crippen molar-refractivity contribution in [1.29, 1.82) is 0 Å². The van der Waals surface area contributed by atoms with Gasteiger partial charge in [-0.1, -0.05) is 103 Å². The summed E-state index contributed by atoms with van der Waals surface area (Å²) >= 11 is 0. The van der Waals surface area contributed by atoms with Crippen molar-refractivity contribution >= 4 is 21.4 Å². The Morgan fingerprint density at radius 1 is 0.915 bits per heavy atom. The van der Waals surface area contributed by atoms with Crippen molar-refractivity contribution in [2.45, 2.75) is 119 Å². The van der Waals surface area contributed by atoms with Crippen LogP contribution in [0.5, 0.6) is 0 Å². The largest absolute Gasteiger partial charge is 0.481 e. The number of aliphatic carboxylic acids is 1. The number of sulfone groups is 1. The molecule has 8 rings (SSSR count). The van der Waals surface area contributed by atoms with E-state index in [9.17, 15) is 22.7 Å². The van der Waals surface area contributed by atoms with Gasteiger partial charge in [-0.2, -0.15) is 0 Å². The number of nitrogens with one attached hydrogen (secondary N) is 1. The zero-order valence-corrected chi connectivity index (χ0v) is 38.1. The third-order valence-corrected chi connectivity index (χ3v) is 20.1. The van der Waals surface area contributed by atoms with Gasteiger partial charge in [-0.15, -0.1) is 0 Å². The molecule has 0 aromatic heterocycles. The van der Waals surface area contributed by atoms with Crippen molar-refractivity contribution in [2.75, 3.05) is 50.9 Å². The molecule has 2 N–H and O–H groups in total. The van der Waals surface area contributed by atoms with Crippen molar-refractivity contribution < 1.29 is 22.7 Å². The van der Waals surface area contributed by atoms with E-state index in [4.69, 9.17) is 0 Å². The summed E-state index contributed by atoms with van der Waals surface area (Å²) in [5, 5.41) is 13.9. The molecule has 8 heteroatoms. The maximum absolute atomic E-state index is 14.1. The standard InChI is InChI=1S/C51H73FN2O4S/c1-35(2)43-38(36-12-9-8-10-13-36)32-51(34-53-26-11-27-54-28-30-59(57,58)31-29-54)25-24-48(6)40(44(43)51)14-15-42-47(5)20-18-39(46(3,4)41(47)19-21-49(42,48)7)37-16-22-50(33-52,23-17-37)45(55)56/h8-10,12-13,16,18,32,35,40-42,53H,11,14-15,17,19-31,33-34H2,1-7H3,(H,55,56)/t40-,41-,42+,47+,48+,49+,50-,51-/m0/s1. The Morgan fingerprint density at radius 3 is 2.29 bits per heavy atom. The zero-order chi connectivity index (χ0) is 42.2. The van der Waals surface area contributed by atoms with Crippen LogP contribution in [-0.4, -0.2) is 75.3 Å². The van der Waals surface area contributed by atoms with Gasteiger partial charge in [0, 0.05) is 25.0 Å². The van der Waals surface area contributed by atoms with Gasteiger partial charge in [-0.3, -0.25) is 4.79 Å². The molecule has 0 radical (unpaired) electrons. The highest BCUT2D eigenvalue weighted by Crippen LogP contribution is 2.77. The molecule has 3 saturated carbocycles. The van der Waals surface area contributed by atoms with Crippen LogP contribution in [0, 0.1) is 56.2 Å². The Hall–Kier alpha value is -2.55. The van der Waals surface area contributed by atoms with E-state index >= 15 is 0 Å². The van der Waals surface area contributed by atoms with E-state index in [1.165, 1.54) is 54.4 Å². The molecule has 59 heavy (non-hydrogen) atoms. The molecule has 0 bridgehead atoms. The summed E-state index contributed by atoms with van der Waals surface area (Å²) in [6.45, 7) is 21.1. The van der Waals surface area contributed by atoms with Crippen LogP contribution >= 0.6 is 0 Å². The van der Waals surface area contributed by atoms with Crippen molar-refractivity contribution in [2.24, 2.45) is 56.2 Å². The van der Waals surface area contributed by atoms with Crippen LogP contribution in [0.2, 0.25) is 0 Å². The number of rotatable bonds is 11. The predicted octanol–water partition coefficient (Wildman–Crippen LogP) is 10.5. The normalized spacial score (nSPS) is 39.0. The van der Waals surface area contributed by atoms with Gasteiger partial charge >= 0.3 is 5.97 Å². The first kappa shape index (κ1) is 43.1. The van der Waals surface area contributed by atoms with E-state index in [-0.39, 0.29) is 45.0 Å². The van der Waals surface area contributed by atoms with Gasteiger partial charge in [0.05, 0.1) is 16.9 Å². The monoisotopic (exact) mass is 829 g/mol. The zero-order valence-electron chi connectivity index (χ0n) is 37.3. The summed E-state index contributed by atoms with van der Waals surface area (Å²) in [5.74, 6) is 1.65. The fourth-order valence-electron chi connectivity index (χ4n) is 15.0. The number of benzene rings is 1. The average Bonchev–Trinajstić information content (AvgIpc) is 3.55. The smallest absolute Gasteiger partial charge is 0.312 e. The third-order valence-electron chi connectivity index (χ3n) is 18.5. The number of hydrogen-bond acceptors (Lipinski definition) is 5. The Morgan fingerprint density at radius 2 is 1.64 bits per heavy atom. The number of carbonyl (C=O) groups is 1. The maximum atomic E-state index is 14.1. The molecule has 324 valence electrons. The van der Waals surface area contributed by atoms with Crippen molar-refractivity contribution in [3.05, 3.63) is 76.4 Å². The van der Waals surface area contributed by atoms with Crippen molar-refractivity contribution in [3.8, 4) is 0 Å². The second kappa shape index (κ2) is 15.4. The predicted molar refractivity (Wildman–Crippen MR) is 238 cm³/mol. The summed E-state index contributed by atoms with van der Waals surface area (Å²) in [7, 11) is -2.87. The second-order valence-corrected chi connectivity index (χ2v) is 24.2. The summed E-state index contributed by atoms with van der Waals surface area (Å²) in [6.07, 6.45) is 18.0. The molecule has 8 atom stereocenters. The van der Waals surface area contributed by atoms with Gasteiger partial charge in [0.15, 0.2) is 9.84 Å². The van der Waals surface area contributed by atoms with Gasteiger partial charge in [0.2, 0.25) is 0 Å². The lowest BCUT2D eigenvalue weighted by atomic mass is 9.33. The number of nitrogens with zero attached hydrogens (tertiary/aromatic N) is 1. The van der Waals surface area contributed by atoms with Crippen LogP contribution in [-0.2, 0) is 14.6 Å². The Balaban J connectivity index is 1.08. The molecule has 1 saturated heterocycles. The van der Waals surface area contributed by atoms with E-state index in [2.05, 4.69) is 107 Å². The minimum atomic E-state index is -2.87. The number of allylic oxidation sites excluding steroid dienone is 6. The van der Waals surface area contributed by atoms with Crippen LogP contribution in [0.4, 0.5) is 4.39 Å². The number of alkyl halides is 1. The molecular formula is C51H73FN2O4S. The van der Waals surface area contributed by atoms with Gasteiger partial charge in [-0.25, -0.2) is 12.8 Å². The van der Waals surface area contributed by atoms with E-state index in [0.717, 1.165) is 38.9 Å². The minimum Gasteiger partial charge on any atom is -0.481 e. The molecule has 1 aliphatic heterocycles. The number of carboxylic acids is 1. The molecule has 6 nitrogen and oxygen atoms in total. The highest BCUT2D eigenvalue weighted by Gasteiger charge is 2.69. The quantitative estimate of drug-likeness (QED) is 0.216. The maximum Gasteiger partial charge on any atom is 0.312 e. The molecular weight excluding hydrogens is 756 g/mol. The SMILES string of the molecule is CC(C)C1=C2[C@@H]3CC[C@@H]4[C@]5(C)CC=C(C6=CC[C@](CF)(C(=O)O)CC6)C(C)(C)[C@@H]5CC[C@@]4(C)[C@]3(C)CC[C@@]2(CNCCCN2CCS(=O)(=O)CC2)C=C1c1ccccc1. The van der Waals surface area contributed by atoms with E-state index in [1.807, 2.05) is 0 Å². The summed E-state index contributed by atoms with van der Waals surface area (Å²) in [4.78, 5) is 14.4. The summed E-state index contributed by atoms with van der Waals surface area (Å²) < 4.78 is 38.1. The molecule has 6 aliphatic carbocycles. The van der Waals surface area contributed by atoms with E-state index < -0.39 is 27.9 Å². The van der Waals surface area contributed by atoms with Crippen LogP contribution in [0.1, 0.15) is 125 Å². The van der Waals surface area contributed by atoms with Gasteiger partial charge in [0.25, 0.3) is 0 Å². The van der Waals surface area contributed by atoms with E-state index in [1.54, 1.807) is 11.1 Å². The minimum absolute atomic E-state index is 0.0168. The molecule has 1 aromatic rings. The molecule has 7 aliphatic rings. The molecule has 0 amide bonds. The van der Waals surface area contributed by atoms with Gasteiger partial charge in [0.1, 0.15) is 6.67 Å².